The van der Waals surface area contributed by atoms with Crippen LogP contribution in [0.2, 0.25) is 0 Å². The summed E-state index contributed by atoms with van der Waals surface area (Å²) < 4.78 is 10.8. The second-order valence-corrected chi connectivity index (χ2v) is 4.77. The van der Waals surface area contributed by atoms with Gasteiger partial charge in [-0.15, -0.1) is 0 Å². The summed E-state index contributed by atoms with van der Waals surface area (Å²) in [6, 6.07) is 14.7. The Balaban J connectivity index is 2.16. The highest BCUT2D eigenvalue weighted by Gasteiger charge is 2.21. The first-order valence-electron chi connectivity index (χ1n) is 6.68. The molecule has 0 aliphatic carbocycles. The minimum Gasteiger partial charge on any atom is -0.497 e. The van der Waals surface area contributed by atoms with E-state index in [-0.39, 0.29) is 6.42 Å². The van der Waals surface area contributed by atoms with Crippen molar-refractivity contribution in [1.82, 2.24) is 0 Å². The minimum absolute atomic E-state index is 0.279. The van der Waals surface area contributed by atoms with Gasteiger partial charge in [0.2, 0.25) is 0 Å². The van der Waals surface area contributed by atoms with E-state index in [2.05, 4.69) is 0 Å². The van der Waals surface area contributed by atoms with Gasteiger partial charge in [0.1, 0.15) is 11.5 Å². The number of ether oxygens (including phenoxy) is 2. The van der Waals surface area contributed by atoms with E-state index in [9.17, 15) is 9.90 Å². The van der Waals surface area contributed by atoms with E-state index in [1.54, 1.807) is 13.2 Å². The molecule has 4 heteroatoms. The van der Waals surface area contributed by atoms with E-state index in [4.69, 9.17) is 9.47 Å². The van der Waals surface area contributed by atoms with Gasteiger partial charge in [0.25, 0.3) is 0 Å². The molecule has 1 N–H and O–H groups in total. The van der Waals surface area contributed by atoms with Crippen LogP contribution in [-0.2, 0) is 11.2 Å². The zero-order chi connectivity index (χ0) is 15.2. The summed E-state index contributed by atoms with van der Waals surface area (Å²) in [6.45, 7) is 1.89. The zero-order valence-electron chi connectivity index (χ0n) is 12.1. The standard InChI is InChI=1S/C17H18O4/c1-12-6-3-4-9-15(12)21-16(17(18)19)11-13-7-5-8-14(10-13)20-2/h3-10,16H,11H2,1-2H3,(H,18,19). The fourth-order valence-corrected chi connectivity index (χ4v) is 2.03. The summed E-state index contributed by atoms with van der Waals surface area (Å²) in [4.78, 5) is 11.4. The highest BCUT2D eigenvalue weighted by atomic mass is 16.5. The number of hydrogen-bond donors (Lipinski definition) is 1. The van der Waals surface area contributed by atoms with Crippen LogP contribution in [-0.4, -0.2) is 24.3 Å². The molecule has 0 heterocycles. The van der Waals surface area contributed by atoms with Crippen LogP contribution in [0.4, 0.5) is 0 Å². The van der Waals surface area contributed by atoms with Crippen molar-refractivity contribution in [2.45, 2.75) is 19.4 Å². The Bertz CT molecular complexity index is 622. The molecule has 0 saturated carbocycles. The average molecular weight is 286 g/mol. The first kappa shape index (κ1) is 14.9. The van der Waals surface area contributed by atoms with Crippen LogP contribution in [0.15, 0.2) is 48.5 Å². The molecule has 2 aromatic rings. The predicted octanol–water partition coefficient (Wildman–Crippen LogP) is 3.08. The number of aliphatic carboxylic acids is 1. The zero-order valence-corrected chi connectivity index (χ0v) is 12.1. The van der Waals surface area contributed by atoms with Gasteiger partial charge >= 0.3 is 5.97 Å². The number of aryl methyl sites for hydroxylation is 1. The Morgan fingerprint density at radius 1 is 1.19 bits per heavy atom. The normalized spacial score (nSPS) is 11.7. The van der Waals surface area contributed by atoms with E-state index < -0.39 is 12.1 Å². The van der Waals surface area contributed by atoms with E-state index in [1.807, 2.05) is 49.4 Å². The number of benzene rings is 2. The molecule has 2 aromatic carbocycles. The van der Waals surface area contributed by atoms with E-state index in [1.165, 1.54) is 0 Å². The van der Waals surface area contributed by atoms with Gasteiger partial charge in [0.15, 0.2) is 6.10 Å². The Hall–Kier alpha value is -2.49. The van der Waals surface area contributed by atoms with Crippen molar-refractivity contribution in [3.05, 3.63) is 59.7 Å². The van der Waals surface area contributed by atoms with E-state index in [0.29, 0.717) is 11.5 Å². The Labute approximate surface area is 123 Å². The Kier molecular flexibility index (Phi) is 4.82. The molecule has 1 atom stereocenters. The van der Waals surface area contributed by atoms with Gasteiger partial charge in [-0.25, -0.2) is 4.79 Å². The van der Waals surface area contributed by atoms with E-state index in [0.717, 1.165) is 11.1 Å². The van der Waals surface area contributed by atoms with Gasteiger partial charge in [-0.1, -0.05) is 30.3 Å². The lowest BCUT2D eigenvalue weighted by molar-refractivity contribution is -0.145. The van der Waals surface area contributed by atoms with Crippen molar-refractivity contribution < 1.29 is 19.4 Å². The second kappa shape index (κ2) is 6.79. The largest absolute Gasteiger partial charge is 0.497 e. The molecule has 2 rings (SSSR count). The van der Waals surface area contributed by atoms with Crippen molar-refractivity contribution in [1.29, 1.82) is 0 Å². The van der Waals surface area contributed by atoms with Gasteiger partial charge < -0.3 is 14.6 Å². The average Bonchev–Trinajstić information content (AvgIpc) is 2.49. The smallest absolute Gasteiger partial charge is 0.345 e. The summed E-state index contributed by atoms with van der Waals surface area (Å²) in [6.07, 6.45) is -0.654. The lowest BCUT2D eigenvalue weighted by atomic mass is 10.1. The van der Waals surface area contributed by atoms with Gasteiger partial charge in [-0.2, -0.15) is 0 Å². The first-order chi connectivity index (χ1) is 10.1. The van der Waals surface area contributed by atoms with Crippen LogP contribution in [0.3, 0.4) is 0 Å². The molecule has 0 aromatic heterocycles. The summed E-state index contributed by atoms with van der Waals surface area (Å²) in [5.74, 6) is 0.307. The molecule has 0 aliphatic heterocycles. The number of carboxylic acid groups (broad SMARTS) is 1. The van der Waals surface area contributed by atoms with Crippen molar-refractivity contribution in [3.8, 4) is 11.5 Å². The van der Waals surface area contributed by atoms with Crippen molar-refractivity contribution >= 4 is 5.97 Å². The maximum atomic E-state index is 11.4. The van der Waals surface area contributed by atoms with Crippen LogP contribution >= 0.6 is 0 Å². The quantitative estimate of drug-likeness (QED) is 0.886. The van der Waals surface area contributed by atoms with Gasteiger partial charge in [-0.3, -0.25) is 0 Å². The maximum Gasteiger partial charge on any atom is 0.345 e. The van der Waals surface area contributed by atoms with E-state index >= 15 is 0 Å². The van der Waals surface area contributed by atoms with Crippen molar-refractivity contribution in [2.24, 2.45) is 0 Å². The molecule has 1 unspecified atom stereocenters. The second-order valence-electron chi connectivity index (χ2n) is 4.77. The molecule has 0 saturated heterocycles. The lowest BCUT2D eigenvalue weighted by Gasteiger charge is -2.17. The molecular formula is C17H18O4. The molecule has 21 heavy (non-hydrogen) atoms. The summed E-state index contributed by atoms with van der Waals surface area (Å²) in [5.41, 5.74) is 1.77. The van der Waals surface area contributed by atoms with Gasteiger partial charge in [-0.05, 0) is 36.2 Å². The first-order valence-corrected chi connectivity index (χ1v) is 6.68. The summed E-state index contributed by atoms with van der Waals surface area (Å²) >= 11 is 0. The van der Waals surface area contributed by atoms with Crippen molar-refractivity contribution in [3.63, 3.8) is 0 Å². The molecule has 4 nitrogen and oxygen atoms in total. The van der Waals surface area contributed by atoms with Crippen LogP contribution in [0, 0.1) is 6.92 Å². The highest BCUT2D eigenvalue weighted by Crippen LogP contribution is 2.20. The molecule has 0 spiro atoms. The summed E-state index contributed by atoms with van der Waals surface area (Å²) in [5, 5.41) is 9.36. The third kappa shape index (κ3) is 3.99. The number of methoxy groups -OCH3 is 1. The molecule has 0 aliphatic rings. The number of rotatable bonds is 6. The fraction of sp³-hybridized carbons (Fsp3) is 0.235. The number of hydrogen-bond acceptors (Lipinski definition) is 3. The molecule has 0 bridgehead atoms. The third-order valence-corrected chi connectivity index (χ3v) is 3.19. The molecule has 0 amide bonds. The SMILES string of the molecule is COc1cccc(CC(Oc2ccccc2C)C(=O)O)c1. The van der Waals surface area contributed by atoms with Crippen LogP contribution in [0.5, 0.6) is 11.5 Å². The molecule has 0 radical (unpaired) electrons. The van der Waals surface area contributed by atoms with Crippen LogP contribution in [0.25, 0.3) is 0 Å². The Morgan fingerprint density at radius 3 is 2.62 bits per heavy atom. The van der Waals surface area contributed by atoms with Crippen LogP contribution in [0.1, 0.15) is 11.1 Å². The number of carboxylic acids is 1. The highest BCUT2D eigenvalue weighted by molar-refractivity contribution is 5.73. The van der Waals surface area contributed by atoms with Crippen molar-refractivity contribution in [2.75, 3.05) is 7.11 Å². The summed E-state index contributed by atoms with van der Waals surface area (Å²) in [7, 11) is 1.58. The molecule has 0 fully saturated rings. The minimum atomic E-state index is -0.985. The monoisotopic (exact) mass is 286 g/mol. The van der Waals surface area contributed by atoms with Gasteiger partial charge in [0, 0.05) is 6.42 Å². The third-order valence-electron chi connectivity index (χ3n) is 3.19. The maximum absolute atomic E-state index is 11.4. The van der Waals surface area contributed by atoms with Crippen LogP contribution < -0.4 is 9.47 Å². The fourth-order valence-electron chi connectivity index (χ4n) is 2.03. The number of para-hydroxylation sites is 1. The van der Waals surface area contributed by atoms with Gasteiger partial charge in [0.05, 0.1) is 7.11 Å². The predicted molar refractivity (Wildman–Crippen MR) is 79.9 cm³/mol. The molecule has 110 valence electrons. The lowest BCUT2D eigenvalue weighted by Crippen LogP contribution is -2.29. The molecular weight excluding hydrogens is 268 g/mol. The Morgan fingerprint density at radius 2 is 1.95 bits per heavy atom. The topological polar surface area (TPSA) is 55.8 Å². The number of carbonyl (C=O) groups is 1.